The zero-order valence-corrected chi connectivity index (χ0v) is 17.9. The van der Waals surface area contributed by atoms with E-state index in [0.29, 0.717) is 6.54 Å². The molecule has 0 atom stereocenters. The molecule has 134 valence electrons. The predicted octanol–water partition coefficient (Wildman–Crippen LogP) is 3.46. The third-order valence-corrected chi connectivity index (χ3v) is 4.25. The van der Waals surface area contributed by atoms with E-state index in [-0.39, 0.29) is 24.0 Å². The number of imidazole rings is 1. The van der Waals surface area contributed by atoms with Crippen LogP contribution in [0.2, 0.25) is 0 Å². The van der Waals surface area contributed by atoms with E-state index in [0.717, 1.165) is 30.4 Å². The highest BCUT2D eigenvalue weighted by molar-refractivity contribution is 14.0. The predicted molar refractivity (Wildman–Crippen MR) is 116 cm³/mol. The number of halogens is 1. The largest absolute Gasteiger partial charge is 0.357 e. The number of aromatic nitrogens is 2. The van der Waals surface area contributed by atoms with E-state index >= 15 is 0 Å². The Hall–Kier alpha value is -0.960. The second-order valence-electron chi connectivity index (χ2n) is 5.45. The van der Waals surface area contributed by atoms with E-state index < -0.39 is 0 Å². The van der Waals surface area contributed by atoms with Crippen molar-refractivity contribution >= 4 is 47.3 Å². The Bertz CT molecular complexity index is 641. The first-order valence-electron chi connectivity index (χ1n) is 8.19. The topological polar surface area (TPSA) is 53.7 Å². The summed E-state index contributed by atoms with van der Waals surface area (Å²) in [7, 11) is 0. The maximum Gasteiger partial charge on any atom is 0.191 e. The van der Waals surface area contributed by atoms with Crippen molar-refractivity contribution in [1.82, 2.24) is 20.0 Å². The van der Waals surface area contributed by atoms with E-state index in [1.807, 2.05) is 23.9 Å². The number of thioether (sulfide) groups is 1. The third-order valence-electron chi connectivity index (χ3n) is 3.56. The first-order valence-corrected chi connectivity index (χ1v) is 9.58. The summed E-state index contributed by atoms with van der Waals surface area (Å²) in [6, 6.07) is 6.14. The SMILES string of the molecule is CCNC(=NCc1cn2c(C)cccc2n1)NCCCCSC.I. The van der Waals surface area contributed by atoms with Gasteiger partial charge in [0.25, 0.3) is 0 Å². The van der Waals surface area contributed by atoms with Gasteiger partial charge in [0.15, 0.2) is 5.96 Å². The molecule has 2 aromatic heterocycles. The highest BCUT2D eigenvalue weighted by Gasteiger charge is 2.03. The third kappa shape index (κ3) is 6.51. The van der Waals surface area contributed by atoms with Crippen LogP contribution in [-0.4, -0.2) is 40.4 Å². The molecule has 0 aliphatic heterocycles. The second-order valence-corrected chi connectivity index (χ2v) is 6.44. The number of nitrogens with zero attached hydrogens (tertiary/aromatic N) is 3. The number of fused-ring (bicyclic) bond motifs is 1. The maximum atomic E-state index is 4.64. The van der Waals surface area contributed by atoms with Crippen molar-refractivity contribution in [3.8, 4) is 0 Å². The van der Waals surface area contributed by atoms with Crippen LogP contribution in [-0.2, 0) is 6.54 Å². The normalized spacial score (nSPS) is 11.4. The molecule has 0 aliphatic rings. The number of rotatable bonds is 8. The highest BCUT2D eigenvalue weighted by atomic mass is 127. The lowest BCUT2D eigenvalue weighted by atomic mass is 10.3. The van der Waals surface area contributed by atoms with Crippen LogP contribution >= 0.6 is 35.7 Å². The molecule has 0 bridgehead atoms. The quantitative estimate of drug-likeness (QED) is 0.274. The van der Waals surface area contributed by atoms with Crippen LogP contribution in [0, 0.1) is 6.92 Å². The van der Waals surface area contributed by atoms with Gasteiger partial charge in [-0.15, -0.1) is 24.0 Å². The van der Waals surface area contributed by atoms with Gasteiger partial charge in [-0.25, -0.2) is 9.98 Å². The van der Waals surface area contributed by atoms with E-state index in [1.54, 1.807) is 0 Å². The number of unbranched alkanes of at least 4 members (excludes halogenated alkanes) is 1. The van der Waals surface area contributed by atoms with Gasteiger partial charge in [0.1, 0.15) is 5.65 Å². The van der Waals surface area contributed by atoms with E-state index in [2.05, 4.69) is 57.4 Å². The van der Waals surface area contributed by atoms with Gasteiger partial charge < -0.3 is 15.0 Å². The fourth-order valence-corrected chi connectivity index (χ4v) is 2.85. The summed E-state index contributed by atoms with van der Waals surface area (Å²) >= 11 is 1.90. The van der Waals surface area contributed by atoms with Gasteiger partial charge in [-0.05, 0) is 50.8 Å². The molecule has 2 rings (SSSR count). The Morgan fingerprint density at radius 1 is 1.29 bits per heavy atom. The van der Waals surface area contributed by atoms with Crippen LogP contribution in [0.4, 0.5) is 0 Å². The van der Waals surface area contributed by atoms with Crippen molar-refractivity contribution in [2.45, 2.75) is 33.2 Å². The molecule has 0 spiro atoms. The molecule has 7 heteroatoms. The fourth-order valence-electron chi connectivity index (χ4n) is 2.36. The van der Waals surface area contributed by atoms with Crippen LogP contribution in [0.15, 0.2) is 29.4 Å². The first-order chi connectivity index (χ1) is 11.2. The molecule has 5 nitrogen and oxygen atoms in total. The molecule has 2 N–H and O–H groups in total. The molecule has 0 fully saturated rings. The zero-order chi connectivity index (χ0) is 16.5. The maximum absolute atomic E-state index is 4.64. The Kier molecular flexibility index (Phi) is 10.2. The molecule has 0 saturated heterocycles. The fraction of sp³-hybridized carbons (Fsp3) is 0.529. The Morgan fingerprint density at radius 2 is 2.12 bits per heavy atom. The van der Waals surface area contributed by atoms with E-state index in [9.17, 15) is 0 Å². The monoisotopic (exact) mass is 461 g/mol. The molecule has 0 radical (unpaired) electrons. The first kappa shape index (κ1) is 21.1. The van der Waals surface area contributed by atoms with Crippen molar-refractivity contribution < 1.29 is 0 Å². The molecule has 0 unspecified atom stereocenters. The molecular weight excluding hydrogens is 433 g/mol. The summed E-state index contributed by atoms with van der Waals surface area (Å²) in [6.07, 6.45) is 6.61. The Morgan fingerprint density at radius 3 is 2.83 bits per heavy atom. The summed E-state index contributed by atoms with van der Waals surface area (Å²) in [6.45, 7) is 6.57. The zero-order valence-electron chi connectivity index (χ0n) is 14.7. The lowest BCUT2D eigenvalue weighted by molar-refractivity contribution is 0.734. The number of pyridine rings is 1. The van der Waals surface area contributed by atoms with Crippen LogP contribution in [0.5, 0.6) is 0 Å². The van der Waals surface area contributed by atoms with Gasteiger partial charge in [-0.3, -0.25) is 0 Å². The van der Waals surface area contributed by atoms with Gasteiger partial charge >= 0.3 is 0 Å². The van der Waals surface area contributed by atoms with Crippen molar-refractivity contribution in [2.24, 2.45) is 4.99 Å². The molecular formula is C17H28IN5S. The summed E-state index contributed by atoms with van der Waals surface area (Å²) in [5, 5.41) is 6.68. The average molecular weight is 461 g/mol. The number of guanidine groups is 1. The van der Waals surface area contributed by atoms with Gasteiger partial charge in [0.05, 0.1) is 12.2 Å². The van der Waals surface area contributed by atoms with Crippen LogP contribution in [0.1, 0.15) is 31.2 Å². The number of hydrogen-bond acceptors (Lipinski definition) is 3. The van der Waals surface area contributed by atoms with Crippen molar-refractivity contribution in [3.05, 3.63) is 35.8 Å². The summed E-state index contributed by atoms with van der Waals surface area (Å²) < 4.78 is 2.10. The van der Waals surface area contributed by atoms with Gasteiger partial charge in [0.2, 0.25) is 0 Å². The molecule has 2 heterocycles. The highest BCUT2D eigenvalue weighted by Crippen LogP contribution is 2.09. The minimum atomic E-state index is 0. The lowest BCUT2D eigenvalue weighted by Gasteiger charge is -2.10. The standard InChI is InChI=1S/C17H27N5S.HI/c1-4-18-17(19-10-5-6-11-23-3)20-12-15-13-22-14(2)8-7-9-16(22)21-15;/h7-9,13H,4-6,10-12H2,1-3H3,(H2,18,19,20);1H. The van der Waals surface area contributed by atoms with Gasteiger partial charge in [-0.1, -0.05) is 6.07 Å². The molecule has 0 saturated carbocycles. The van der Waals surface area contributed by atoms with Crippen LogP contribution in [0.25, 0.3) is 5.65 Å². The molecule has 0 aliphatic carbocycles. The van der Waals surface area contributed by atoms with E-state index in [4.69, 9.17) is 0 Å². The summed E-state index contributed by atoms with van der Waals surface area (Å²) in [4.78, 5) is 9.26. The van der Waals surface area contributed by atoms with Crippen molar-refractivity contribution in [2.75, 3.05) is 25.1 Å². The number of hydrogen-bond donors (Lipinski definition) is 2. The van der Waals surface area contributed by atoms with Gasteiger partial charge in [0, 0.05) is 25.0 Å². The molecule has 2 aromatic rings. The molecule has 0 amide bonds. The van der Waals surface area contributed by atoms with Crippen molar-refractivity contribution in [1.29, 1.82) is 0 Å². The minimum absolute atomic E-state index is 0. The van der Waals surface area contributed by atoms with Crippen LogP contribution < -0.4 is 10.6 Å². The number of nitrogens with one attached hydrogen (secondary N) is 2. The number of aryl methyl sites for hydroxylation is 1. The van der Waals surface area contributed by atoms with Crippen LogP contribution in [0.3, 0.4) is 0 Å². The summed E-state index contributed by atoms with van der Waals surface area (Å²) in [5.74, 6) is 2.08. The van der Waals surface area contributed by atoms with E-state index in [1.165, 1.54) is 24.3 Å². The smallest absolute Gasteiger partial charge is 0.191 e. The Balaban J connectivity index is 0.00000288. The average Bonchev–Trinajstić information content (AvgIpc) is 2.97. The molecule has 24 heavy (non-hydrogen) atoms. The minimum Gasteiger partial charge on any atom is -0.357 e. The summed E-state index contributed by atoms with van der Waals surface area (Å²) in [5.41, 5.74) is 3.15. The number of aliphatic imine (C=N–C) groups is 1. The molecule has 0 aromatic carbocycles. The lowest BCUT2D eigenvalue weighted by Crippen LogP contribution is -2.37. The van der Waals surface area contributed by atoms with Gasteiger partial charge in [-0.2, -0.15) is 11.8 Å². The van der Waals surface area contributed by atoms with Crippen molar-refractivity contribution in [3.63, 3.8) is 0 Å². The second kappa shape index (κ2) is 11.6. The Labute approximate surface area is 166 Å².